The van der Waals surface area contributed by atoms with E-state index in [-0.39, 0.29) is 38.7 Å². The zero-order valence-electron chi connectivity index (χ0n) is 21.5. The smallest absolute Gasteiger partial charge is 0.416 e. The minimum absolute atomic E-state index is 0.0168. The predicted octanol–water partition coefficient (Wildman–Crippen LogP) is 7.44. The number of rotatable bonds is 8. The van der Waals surface area contributed by atoms with Crippen LogP contribution in [0.15, 0.2) is 83.2 Å². The number of thiazole rings is 1. The van der Waals surface area contributed by atoms with Crippen LogP contribution in [-0.4, -0.2) is 32.6 Å². The molecule has 0 atom stereocenters. The van der Waals surface area contributed by atoms with Crippen LogP contribution in [0, 0.1) is 0 Å². The molecule has 0 fully saturated rings. The van der Waals surface area contributed by atoms with Gasteiger partial charge in [-0.05, 0) is 59.5 Å². The summed E-state index contributed by atoms with van der Waals surface area (Å²) in [6.07, 6.45) is -3.04. The molecule has 0 spiro atoms. The SMILES string of the molecule is COc1ccc(CN(c2nccs2)S(=O)(=O)c2ccc3c(-c4ccc(C(F)(F)F)cc4OC)nc(Cl)cc3c2)cc1. The third-order valence-electron chi connectivity index (χ3n) is 6.26. The highest BCUT2D eigenvalue weighted by atomic mass is 35.5. The molecule has 2 aromatic heterocycles. The van der Waals surface area contributed by atoms with Gasteiger partial charge in [0.15, 0.2) is 5.13 Å². The number of anilines is 1. The van der Waals surface area contributed by atoms with Gasteiger partial charge in [0, 0.05) is 22.5 Å². The quantitative estimate of drug-likeness (QED) is 0.168. The number of halogens is 4. The number of alkyl halides is 3. The van der Waals surface area contributed by atoms with E-state index in [1.54, 1.807) is 42.8 Å². The molecule has 0 aliphatic rings. The van der Waals surface area contributed by atoms with Crippen molar-refractivity contribution in [2.45, 2.75) is 17.6 Å². The van der Waals surface area contributed by atoms with Crippen molar-refractivity contribution in [2.24, 2.45) is 0 Å². The van der Waals surface area contributed by atoms with Crippen molar-refractivity contribution >= 4 is 48.9 Å². The number of fused-ring (bicyclic) bond motifs is 1. The highest BCUT2D eigenvalue weighted by Crippen LogP contribution is 2.40. The highest BCUT2D eigenvalue weighted by Gasteiger charge is 2.32. The molecule has 0 aliphatic heterocycles. The molecule has 0 aliphatic carbocycles. The number of sulfonamides is 1. The number of aromatic nitrogens is 2. The minimum atomic E-state index is -4.56. The summed E-state index contributed by atoms with van der Waals surface area (Å²) in [4.78, 5) is 8.54. The van der Waals surface area contributed by atoms with Crippen molar-refractivity contribution < 1.29 is 31.1 Å². The third-order valence-corrected chi connectivity index (χ3v) is 9.10. The fourth-order valence-electron chi connectivity index (χ4n) is 4.25. The van der Waals surface area contributed by atoms with Gasteiger partial charge in [-0.2, -0.15) is 13.2 Å². The summed E-state index contributed by atoms with van der Waals surface area (Å²) in [6.45, 7) is 0.0168. The van der Waals surface area contributed by atoms with Crippen molar-refractivity contribution in [2.75, 3.05) is 18.5 Å². The maximum Gasteiger partial charge on any atom is 0.416 e. The predicted molar refractivity (Wildman–Crippen MR) is 152 cm³/mol. The van der Waals surface area contributed by atoms with Gasteiger partial charge in [0.2, 0.25) is 0 Å². The lowest BCUT2D eigenvalue weighted by Crippen LogP contribution is -2.30. The van der Waals surface area contributed by atoms with Crippen LogP contribution >= 0.6 is 22.9 Å². The first-order valence-corrected chi connectivity index (χ1v) is 14.6. The normalized spacial score (nSPS) is 12.0. The van der Waals surface area contributed by atoms with Gasteiger partial charge in [0.25, 0.3) is 10.0 Å². The van der Waals surface area contributed by atoms with E-state index in [0.717, 1.165) is 12.1 Å². The summed E-state index contributed by atoms with van der Waals surface area (Å²) in [5.41, 5.74) is 0.357. The van der Waals surface area contributed by atoms with Crippen LogP contribution in [0.3, 0.4) is 0 Å². The van der Waals surface area contributed by atoms with E-state index < -0.39 is 21.8 Å². The van der Waals surface area contributed by atoms with Gasteiger partial charge in [-0.25, -0.2) is 22.7 Å². The number of benzene rings is 3. The Morgan fingerprint density at radius 1 is 0.976 bits per heavy atom. The largest absolute Gasteiger partial charge is 0.497 e. The Labute approximate surface area is 242 Å². The van der Waals surface area contributed by atoms with Crippen LogP contribution in [0.25, 0.3) is 22.0 Å². The molecule has 13 heteroatoms. The van der Waals surface area contributed by atoms with Gasteiger partial charge in [-0.15, -0.1) is 11.3 Å². The number of hydrogen-bond donors (Lipinski definition) is 0. The average Bonchev–Trinajstić information content (AvgIpc) is 3.49. The Kier molecular flexibility index (Phi) is 7.82. The van der Waals surface area contributed by atoms with Crippen LogP contribution in [-0.2, 0) is 22.7 Å². The minimum Gasteiger partial charge on any atom is -0.497 e. The van der Waals surface area contributed by atoms with E-state index in [4.69, 9.17) is 21.1 Å². The maximum atomic E-state index is 14.0. The number of nitrogens with zero attached hydrogens (tertiary/aromatic N) is 3. The average molecular weight is 620 g/mol. The van der Waals surface area contributed by atoms with Crippen molar-refractivity contribution in [3.8, 4) is 22.8 Å². The van der Waals surface area contributed by atoms with Crippen molar-refractivity contribution in [3.63, 3.8) is 0 Å². The topological polar surface area (TPSA) is 81.6 Å². The molecular formula is C28H21ClF3N3O4S2. The summed E-state index contributed by atoms with van der Waals surface area (Å²) < 4.78 is 79.4. The Morgan fingerprint density at radius 2 is 1.73 bits per heavy atom. The number of pyridine rings is 1. The van der Waals surface area contributed by atoms with E-state index in [1.165, 1.54) is 53.2 Å². The standard InChI is InChI=1S/C28H21ClF3N3O4S2/c1-38-20-6-3-17(4-7-20)16-35(27-33-11-12-40-27)41(36,37)21-8-10-22-18(13-21)14-25(29)34-26(22)23-9-5-19(28(30,31)32)15-24(23)39-2/h3-15H,16H2,1-2H3. The number of methoxy groups -OCH3 is 2. The van der Waals surface area contributed by atoms with Crippen molar-refractivity contribution in [3.05, 3.63) is 94.6 Å². The molecule has 5 aromatic rings. The van der Waals surface area contributed by atoms with Crippen LogP contribution < -0.4 is 13.8 Å². The summed E-state index contributed by atoms with van der Waals surface area (Å²) in [5, 5.41) is 2.89. The first kappa shape index (κ1) is 28.7. The monoisotopic (exact) mass is 619 g/mol. The van der Waals surface area contributed by atoms with E-state index >= 15 is 0 Å². The lowest BCUT2D eigenvalue weighted by Gasteiger charge is -2.22. The summed E-state index contributed by atoms with van der Waals surface area (Å²) in [7, 11) is -1.32. The van der Waals surface area contributed by atoms with Gasteiger partial charge in [-0.3, -0.25) is 0 Å². The molecule has 0 saturated carbocycles. The zero-order valence-corrected chi connectivity index (χ0v) is 23.9. The Bertz CT molecular complexity index is 1810. The molecule has 0 bridgehead atoms. The first-order chi connectivity index (χ1) is 19.5. The second-order valence-corrected chi connectivity index (χ2v) is 11.9. The van der Waals surface area contributed by atoms with Gasteiger partial charge in [0.1, 0.15) is 16.7 Å². The Morgan fingerprint density at radius 3 is 2.37 bits per heavy atom. The molecule has 41 heavy (non-hydrogen) atoms. The molecule has 0 radical (unpaired) electrons. The molecule has 5 rings (SSSR count). The molecule has 0 saturated heterocycles. The van der Waals surface area contributed by atoms with Crippen molar-refractivity contribution in [1.29, 1.82) is 0 Å². The maximum absolute atomic E-state index is 14.0. The van der Waals surface area contributed by atoms with E-state index in [2.05, 4.69) is 9.97 Å². The molecule has 0 unspecified atom stereocenters. The fourth-order valence-corrected chi connectivity index (χ4v) is 6.77. The molecule has 0 N–H and O–H groups in total. The lowest BCUT2D eigenvalue weighted by molar-refractivity contribution is -0.137. The molecule has 0 amide bonds. The number of hydrogen-bond acceptors (Lipinski definition) is 7. The van der Waals surface area contributed by atoms with Gasteiger partial charge >= 0.3 is 6.18 Å². The molecule has 212 valence electrons. The molecular weight excluding hydrogens is 599 g/mol. The van der Waals surface area contributed by atoms with Crippen LogP contribution in [0.5, 0.6) is 11.5 Å². The van der Waals surface area contributed by atoms with Crippen molar-refractivity contribution in [1.82, 2.24) is 9.97 Å². The van der Waals surface area contributed by atoms with Crippen LogP contribution in [0.4, 0.5) is 18.3 Å². The molecule has 3 aromatic carbocycles. The van der Waals surface area contributed by atoms with Crippen LogP contribution in [0.1, 0.15) is 11.1 Å². The Hall–Kier alpha value is -3.87. The fraction of sp³-hybridized carbons (Fsp3) is 0.143. The van der Waals surface area contributed by atoms with Gasteiger partial charge < -0.3 is 9.47 Å². The summed E-state index contributed by atoms with van der Waals surface area (Å²) >= 11 is 7.48. The zero-order chi connectivity index (χ0) is 29.4. The second kappa shape index (κ2) is 11.2. The van der Waals surface area contributed by atoms with Gasteiger partial charge in [0.05, 0.1) is 36.9 Å². The highest BCUT2D eigenvalue weighted by molar-refractivity contribution is 7.93. The molecule has 7 nitrogen and oxygen atoms in total. The Balaban J connectivity index is 1.60. The first-order valence-electron chi connectivity index (χ1n) is 11.9. The lowest BCUT2D eigenvalue weighted by atomic mass is 10.0. The molecule has 2 heterocycles. The third kappa shape index (κ3) is 5.81. The van der Waals surface area contributed by atoms with Crippen LogP contribution in [0.2, 0.25) is 5.15 Å². The van der Waals surface area contributed by atoms with E-state index in [9.17, 15) is 21.6 Å². The van der Waals surface area contributed by atoms with E-state index in [0.29, 0.717) is 22.1 Å². The number of ether oxygens (including phenoxy) is 2. The van der Waals surface area contributed by atoms with Gasteiger partial charge in [-0.1, -0.05) is 29.8 Å². The summed E-state index contributed by atoms with van der Waals surface area (Å²) in [6, 6.07) is 16.0. The summed E-state index contributed by atoms with van der Waals surface area (Å²) in [5.74, 6) is 0.583. The van der Waals surface area contributed by atoms with E-state index in [1.807, 2.05) is 0 Å². The second-order valence-electron chi connectivity index (χ2n) is 8.76.